The van der Waals surface area contributed by atoms with Gasteiger partial charge in [-0.1, -0.05) is 184 Å². The Bertz CT molecular complexity index is 3130. The van der Waals surface area contributed by atoms with Crippen molar-refractivity contribution < 1.29 is 0 Å². The fourth-order valence-electron chi connectivity index (χ4n) is 9.24. The first-order valence-electron chi connectivity index (χ1n) is 20.4. The minimum absolute atomic E-state index is 0.168. The van der Waals surface area contributed by atoms with Gasteiger partial charge < -0.3 is 4.90 Å². The first-order chi connectivity index (χ1) is 29.0. The van der Waals surface area contributed by atoms with Gasteiger partial charge in [-0.15, -0.1) is 11.3 Å². The summed E-state index contributed by atoms with van der Waals surface area (Å²) in [5, 5.41) is 2.58. The van der Waals surface area contributed by atoms with E-state index in [1.165, 1.54) is 92.6 Å². The van der Waals surface area contributed by atoms with E-state index in [4.69, 9.17) is 0 Å². The molecule has 11 rings (SSSR count). The predicted octanol–water partition coefficient (Wildman–Crippen LogP) is 16.5. The van der Waals surface area contributed by atoms with Crippen LogP contribution < -0.4 is 4.90 Å². The summed E-state index contributed by atoms with van der Waals surface area (Å²) in [5.41, 5.74) is 18.4. The molecule has 0 saturated heterocycles. The second-order valence-corrected chi connectivity index (χ2v) is 17.2. The molecule has 0 bridgehead atoms. The molecule has 1 nitrogen and oxygen atoms in total. The number of thiophene rings is 1. The standard InChI is InChI=1S/C57H41NS/c1-57(2)50-21-13-12-20-48(50)54-51(57)37-53-55(49-36-45(30-35-52(49)59-53)40-18-10-5-11-19-40)56(54)58(46-31-26-43(27-32-46)39-16-8-4-9-17-39)47-33-28-44(29-34-47)42-24-22-41(23-25-42)38-14-6-3-7-15-38/h3-37H,1-2H3. The van der Waals surface area contributed by atoms with E-state index in [1.54, 1.807) is 0 Å². The molecule has 0 N–H and O–H groups in total. The first-order valence-corrected chi connectivity index (χ1v) is 21.2. The number of hydrogen-bond donors (Lipinski definition) is 0. The van der Waals surface area contributed by atoms with E-state index < -0.39 is 0 Å². The van der Waals surface area contributed by atoms with Gasteiger partial charge in [-0.3, -0.25) is 0 Å². The molecule has 1 aromatic heterocycles. The smallest absolute Gasteiger partial charge is 0.0636 e. The molecule has 0 fully saturated rings. The average Bonchev–Trinajstić information content (AvgIpc) is 3.78. The van der Waals surface area contributed by atoms with Crippen molar-refractivity contribution in [1.82, 2.24) is 0 Å². The molecule has 0 unspecified atom stereocenters. The Balaban J connectivity index is 1.16. The zero-order chi connectivity index (χ0) is 39.5. The van der Waals surface area contributed by atoms with Crippen LogP contribution in [0.3, 0.4) is 0 Å². The summed E-state index contributed by atoms with van der Waals surface area (Å²) in [6.07, 6.45) is 0. The lowest BCUT2D eigenvalue weighted by molar-refractivity contribution is 0.661. The zero-order valence-corrected chi connectivity index (χ0v) is 33.9. The highest BCUT2D eigenvalue weighted by molar-refractivity contribution is 7.26. The Morgan fingerprint density at radius 2 is 0.797 bits per heavy atom. The summed E-state index contributed by atoms with van der Waals surface area (Å²) in [6.45, 7) is 4.79. The second-order valence-electron chi connectivity index (χ2n) is 16.1. The molecule has 1 heterocycles. The van der Waals surface area contributed by atoms with E-state index in [2.05, 4.69) is 231 Å². The molecule has 1 aliphatic carbocycles. The van der Waals surface area contributed by atoms with E-state index >= 15 is 0 Å². The molecule has 0 radical (unpaired) electrons. The van der Waals surface area contributed by atoms with Gasteiger partial charge in [0.15, 0.2) is 0 Å². The van der Waals surface area contributed by atoms with Crippen LogP contribution in [0.15, 0.2) is 212 Å². The number of rotatable bonds is 7. The highest BCUT2D eigenvalue weighted by Crippen LogP contribution is 2.59. The van der Waals surface area contributed by atoms with E-state index in [0.717, 1.165) is 11.4 Å². The number of fused-ring (bicyclic) bond motifs is 6. The van der Waals surface area contributed by atoms with Crippen LogP contribution >= 0.6 is 11.3 Å². The van der Waals surface area contributed by atoms with Crippen molar-refractivity contribution in [3.63, 3.8) is 0 Å². The molecule has 1 aliphatic rings. The summed E-state index contributed by atoms with van der Waals surface area (Å²) in [4.78, 5) is 2.54. The van der Waals surface area contributed by atoms with Gasteiger partial charge in [-0.25, -0.2) is 0 Å². The van der Waals surface area contributed by atoms with Crippen molar-refractivity contribution in [2.75, 3.05) is 4.90 Å². The Morgan fingerprint density at radius 3 is 1.32 bits per heavy atom. The average molecular weight is 772 g/mol. The van der Waals surface area contributed by atoms with Crippen LogP contribution in [-0.2, 0) is 5.41 Å². The maximum atomic E-state index is 2.54. The quantitative estimate of drug-likeness (QED) is 0.156. The Labute approximate surface area is 350 Å². The summed E-state index contributed by atoms with van der Waals surface area (Å²) < 4.78 is 2.60. The van der Waals surface area contributed by atoms with Crippen LogP contribution in [0.5, 0.6) is 0 Å². The second kappa shape index (κ2) is 14.1. The molecule has 2 heteroatoms. The summed E-state index contributed by atoms with van der Waals surface area (Å²) in [6, 6.07) is 77.9. The van der Waals surface area contributed by atoms with Gasteiger partial charge in [0, 0.05) is 42.5 Å². The molecule has 0 spiro atoms. The van der Waals surface area contributed by atoms with Crippen molar-refractivity contribution in [3.05, 3.63) is 223 Å². The van der Waals surface area contributed by atoms with Crippen LogP contribution in [0.4, 0.5) is 17.1 Å². The fourth-order valence-corrected chi connectivity index (χ4v) is 10.4. The topological polar surface area (TPSA) is 3.24 Å². The molecule has 10 aromatic rings. The van der Waals surface area contributed by atoms with E-state index in [9.17, 15) is 0 Å². The third-order valence-corrected chi connectivity index (χ3v) is 13.4. The highest BCUT2D eigenvalue weighted by atomic mass is 32.1. The Morgan fingerprint density at radius 1 is 0.373 bits per heavy atom. The SMILES string of the molecule is CC1(C)c2ccccc2-c2c1cc1sc3ccc(-c4ccccc4)cc3c1c2N(c1ccc(-c2ccccc2)cc1)c1ccc(-c2ccc(-c3ccccc3)cc2)cc1. The van der Waals surface area contributed by atoms with Crippen LogP contribution in [0.25, 0.3) is 75.8 Å². The molecular formula is C57H41NS. The van der Waals surface area contributed by atoms with Crippen LogP contribution in [0.1, 0.15) is 25.0 Å². The van der Waals surface area contributed by atoms with Gasteiger partial charge in [0.2, 0.25) is 0 Å². The van der Waals surface area contributed by atoms with Gasteiger partial charge in [0.25, 0.3) is 0 Å². The molecular weight excluding hydrogens is 731 g/mol. The van der Waals surface area contributed by atoms with Crippen molar-refractivity contribution in [2.45, 2.75) is 19.3 Å². The summed E-state index contributed by atoms with van der Waals surface area (Å²) in [5.74, 6) is 0. The largest absolute Gasteiger partial charge is 0.309 e. The number of benzene rings is 9. The molecule has 280 valence electrons. The minimum Gasteiger partial charge on any atom is -0.309 e. The first kappa shape index (κ1) is 35.2. The minimum atomic E-state index is -0.168. The molecule has 0 aliphatic heterocycles. The van der Waals surface area contributed by atoms with Crippen LogP contribution in [0, 0.1) is 0 Å². The van der Waals surface area contributed by atoms with Crippen molar-refractivity contribution in [3.8, 4) is 55.6 Å². The molecule has 9 aromatic carbocycles. The van der Waals surface area contributed by atoms with Crippen LogP contribution in [0.2, 0.25) is 0 Å². The summed E-state index contributed by atoms with van der Waals surface area (Å²) >= 11 is 1.91. The Hall–Kier alpha value is -7.00. The van der Waals surface area contributed by atoms with Gasteiger partial charge in [0.05, 0.1) is 5.69 Å². The maximum Gasteiger partial charge on any atom is 0.0636 e. The van der Waals surface area contributed by atoms with E-state index in [0.29, 0.717) is 0 Å². The number of hydrogen-bond acceptors (Lipinski definition) is 2. The third-order valence-electron chi connectivity index (χ3n) is 12.3. The van der Waals surface area contributed by atoms with Crippen molar-refractivity contribution >= 4 is 48.6 Å². The highest BCUT2D eigenvalue weighted by Gasteiger charge is 2.39. The molecule has 0 atom stereocenters. The normalized spacial score (nSPS) is 12.7. The molecule has 0 saturated carbocycles. The summed E-state index contributed by atoms with van der Waals surface area (Å²) in [7, 11) is 0. The van der Waals surface area contributed by atoms with E-state index in [1.807, 2.05) is 11.3 Å². The lowest BCUT2D eigenvalue weighted by Crippen LogP contribution is -2.16. The van der Waals surface area contributed by atoms with Crippen molar-refractivity contribution in [1.29, 1.82) is 0 Å². The zero-order valence-electron chi connectivity index (χ0n) is 33.1. The van der Waals surface area contributed by atoms with Gasteiger partial charge in [0.1, 0.15) is 0 Å². The van der Waals surface area contributed by atoms with Crippen molar-refractivity contribution in [2.24, 2.45) is 0 Å². The Kier molecular flexibility index (Phi) is 8.43. The lowest BCUT2D eigenvalue weighted by atomic mass is 9.82. The number of anilines is 3. The van der Waals surface area contributed by atoms with Gasteiger partial charge in [-0.05, 0) is 104 Å². The monoisotopic (exact) mass is 771 g/mol. The maximum absolute atomic E-state index is 2.54. The third kappa shape index (κ3) is 5.99. The molecule has 0 amide bonds. The van der Waals surface area contributed by atoms with Gasteiger partial charge in [-0.2, -0.15) is 0 Å². The van der Waals surface area contributed by atoms with E-state index in [-0.39, 0.29) is 5.41 Å². The predicted molar refractivity (Wildman–Crippen MR) is 253 cm³/mol. The van der Waals surface area contributed by atoms with Gasteiger partial charge >= 0.3 is 0 Å². The van der Waals surface area contributed by atoms with Crippen LogP contribution in [-0.4, -0.2) is 0 Å². The fraction of sp³-hybridized carbons (Fsp3) is 0.0526. The number of nitrogens with zero attached hydrogens (tertiary/aromatic N) is 1. The lowest BCUT2D eigenvalue weighted by Gasteiger charge is -2.30. The molecule has 59 heavy (non-hydrogen) atoms.